The van der Waals surface area contributed by atoms with Gasteiger partial charge < -0.3 is 4.90 Å². The molecule has 2 nitrogen and oxygen atoms in total. The number of rotatable bonds is 3. The van der Waals surface area contributed by atoms with Crippen LogP contribution in [0, 0.1) is 23.2 Å². The Labute approximate surface area is 81.5 Å². The molecule has 1 aliphatic heterocycles. The SMILES string of the molecule is CC(C)C(C)N1CCC(CC#N)C1. The van der Waals surface area contributed by atoms with E-state index in [1.807, 2.05) is 0 Å². The van der Waals surface area contributed by atoms with Crippen molar-refractivity contribution in [1.82, 2.24) is 4.90 Å². The number of nitrogens with zero attached hydrogens (tertiary/aromatic N) is 2. The molecule has 0 aromatic rings. The predicted molar refractivity (Wildman–Crippen MR) is 54.2 cm³/mol. The Balaban J connectivity index is 2.37. The second-order valence-corrected chi connectivity index (χ2v) is 4.50. The van der Waals surface area contributed by atoms with Crippen molar-refractivity contribution in [1.29, 1.82) is 5.26 Å². The first-order chi connectivity index (χ1) is 6.15. The summed E-state index contributed by atoms with van der Waals surface area (Å²) in [5.41, 5.74) is 0. The smallest absolute Gasteiger partial charge is 0.0625 e. The minimum absolute atomic E-state index is 0.631. The maximum Gasteiger partial charge on any atom is 0.0625 e. The standard InChI is InChI=1S/C11H20N2/c1-9(2)10(3)13-7-5-11(8-13)4-6-12/h9-11H,4-5,7-8H2,1-3H3. The van der Waals surface area contributed by atoms with Crippen LogP contribution in [0.2, 0.25) is 0 Å². The van der Waals surface area contributed by atoms with Gasteiger partial charge in [0, 0.05) is 19.0 Å². The molecule has 0 radical (unpaired) electrons. The third-order valence-corrected chi connectivity index (χ3v) is 3.24. The molecule has 74 valence electrons. The summed E-state index contributed by atoms with van der Waals surface area (Å²) in [6.45, 7) is 9.14. The van der Waals surface area contributed by atoms with Gasteiger partial charge >= 0.3 is 0 Å². The second kappa shape index (κ2) is 4.62. The van der Waals surface area contributed by atoms with Crippen molar-refractivity contribution < 1.29 is 0 Å². The van der Waals surface area contributed by atoms with E-state index in [0.29, 0.717) is 12.0 Å². The third-order valence-electron chi connectivity index (χ3n) is 3.24. The van der Waals surface area contributed by atoms with E-state index in [-0.39, 0.29) is 0 Å². The molecule has 1 heterocycles. The van der Waals surface area contributed by atoms with E-state index in [2.05, 4.69) is 31.7 Å². The molecule has 2 heteroatoms. The third kappa shape index (κ3) is 2.70. The van der Waals surface area contributed by atoms with E-state index in [1.165, 1.54) is 13.0 Å². The monoisotopic (exact) mass is 180 g/mol. The molecule has 1 saturated heterocycles. The highest BCUT2D eigenvalue weighted by molar-refractivity contribution is 4.86. The van der Waals surface area contributed by atoms with Crippen molar-refractivity contribution in [3.63, 3.8) is 0 Å². The molecule has 13 heavy (non-hydrogen) atoms. The highest BCUT2D eigenvalue weighted by Gasteiger charge is 2.26. The van der Waals surface area contributed by atoms with E-state index >= 15 is 0 Å². The molecule has 0 aliphatic carbocycles. The lowest BCUT2D eigenvalue weighted by molar-refractivity contribution is 0.201. The first kappa shape index (κ1) is 10.5. The fourth-order valence-corrected chi connectivity index (χ4v) is 1.95. The minimum atomic E-state index is 0.631. The van der Waals surface area contributed by atoms with Crippen LogP contribution in [0.3, 0.4) is 0 Å². The lowest BCUT2D eigenvalue weighted by Crippen LogP contribution is -2.34. The van der Waals surface area contributed by atoms with Crippen LogP contribution in [0.15, 0.2) is 0 Å². The Kier molecular flexibility index (Phi) is 3.74. The molecule has 0 spiro atoms. The Bertz CT molecular complexity index is 193. The van der Waals surface area contributed by atoms with Gasteiger partial charge in [0.2, 0.25) is 0 Å². The molecule has 0 aromatic carbocycles. The number of hydrogen-bond donors (Lipinski definition) is 0. The highest BCUT2D eigenvalue weighted by atomic mass is 15.2. The molecule has 0 amide bonds. The van der Waals surface area contributed by atoms with E-state index < -0.39 is 0 Å². The van der Waals surface area contributed by atoms with E-state index in [4.69, 9.17) is 5.26 Å². The van der Waals surface area contributed by atoms with Gasteiger partial charge in [-0.1, -0.05) is 13.8 Å². The van der Waals surface area contributed by atoms with Gasteiger partial charge in [-0.05, 0) is 31.7 Å². The summed E-state index contributed by atoms with van der Waals surface area (Å²) in [6, 6.07) is 2.94. The lowest BCUT2D eigenvalue weighted by Gasteiger charge is -2.27. The molecule has 1 rings (SSSR count). The molecular weight excluding hydrogens is 160 g/mol. The van der Waals surface area contributed by atoms with E-state index in [1.54, 1.807) is 0 Å². The maximum absolute atomic E-state index is 8.59. The van der Waals surface area contributed by atoms with Crippen LogP contribution >= 0.6 is 0 Å². The van der Waals surface area contributed by atoms with E-state index in [0.717, 1.165) is 18.9 Å². The van der Waals surface area contributed by atoms with Gasteiger partial charge in [0.05, 0.1) is 6.07 Å². The number of hydrogen-bond acceptors (Lipinski definition) is 2. The van der Waals surface area contributed by atoms with Crippen LogP contribution < -0.4 is 0 Å². The Morgan fingerprint density at radius 1 is 1.46 bits per heavy atom. The molecule has 1 aliphatic rings. The van der Waals surface area contributed by atoms with Crippen LogP contribution in [-0.2, 0) is 0 Å². The summed E-state index contributed by atoms with van der Waals surface area (Å²) in [5.74, 6) is 1.35. The van der Waals surface area contributed by atoms with Crippen LogP contribution in [0.25, 0.3) is 0 Å². The Morgan fingerprint density at radius 2 is 2.15 bits per heavy atom. The highest BCUT2D eigenvalue weighted by Crippen LogP contribution is 2.23. The fraction of sp³-hybridized carbons (Fsp3) is 0.909. The zero-order valence-corrected chi connectivity index (χ0v) is 8.95. The van der Waals surface area contributed by atoms with Gasteiger partial charge in [-0.3, -0.25) is 0 Å². The Hall–Kier alpha value is -0.550. The average molecular weight is 180 g/mol. The zero-order chi connectivity index (χ0) is 9.84. The second-order valence-electron chi connectivity index (χ2n) is 4.50. The van der Waals surface area contributed by atoms with Crippen molar-refractivity contribution in [3.8, 4) is 6.07 Å². The number of nitriles is 1. The van der Waals surface area contributed by atoms with Crippen molar-refractivity contribution in [3.05, 3.63) is 0 Å². The Morgan fingerprint density at radius 3 is 2.69 bits per heavy atom. The summed E-state index contributed by atoms with van der Waals surface area (Å²) >= 11 is 0. The normalized spacial score (nSPS) is 26.2. The first-order valence-corrected chi connectivity index (χ1v) is 5.26. The minimum Gasteiger partial charge on any atom is -0.300 e. The summed E-state index contributed by atoms with van der Waals surface area (Å²) in [7, 11) is 0. The molecule has 0 N–H and O–H groups in total. The fourth-order valence-electron chi connectivity index (χ4n) is 1.95. The summed E-state index contributed by atoms with van der Waals surface area (Å²) in [4.78, 5) is 2.52. The van der Waals surface area contributed by atoms with Crippen LogP contribution in [-0.4, -0.2) is 24.0 Å². The van der Waals surface area contributed by atoms with Crippen molar-refractivity contribution in [2.75, 3.05) is 13.1 Å². The van der Waals surface area contributed by atoms with Crippen molar-refractivity contribution >= 4 is 0 Å². The van der Waals surface area contributed by atoms with Gasteiger partial charge in [-0.25, -0.2) is 0 Å². The van der Waals surface area contributed by atoms with Crippen molar-refractivity contribution in [2.24, 2.45) is 11.8 Å². The average Bonchev–Trinajstić information content (AvgIpc) is 2.52. The summed E-state index contributed by atoms with van der Waals surface area (Å²) in [5, 5.41) is 8.59. The van der Waals surface area contributed by atoms with E-state index in [9.17, 15) is 0 Å². The molecular formula is C11H20N2. The lowest BCUT2D eigenvalue weighted by atomic mass is 10.0. The van der Waals surface area contributed by atoms with Crippen molar-refractivity contribution in [2.45, 2.75) is 39.7 Å². The quantitative estimate of drug-likeness (QED) is 0.666. The zero-order valence-electron chi connectivity index (χ0n) is 8.95. The molecule has 0 saturated carbocycles. The number of likely N-dealkylation sites (tertiary alicyclic amines) is 1. The molecule has 1 fully saturated rings. The largest absolute Gasteiger partial charge is 0.300 e. The van der Waals surface area contributed by atoms with Gasteiger partial charge in [0.1, 0.15) is 0 Å². The molecule has 0 aromatic heterocycles. The van der Waals surface area contributed by atoms with Gasteiger partial charge in [-0.2, -0.15) is 5.26 Å². The first-order valence-electron chi connectivity index (χ1n) is 5.26. The van der Waals surface area contributed by atoms with Gasteiger partial charge in [0.15, 0.2) is 0 Å². The topological polar surface area (TPSA) is 27.0 Å². The molecule has 2 atom stereocenters. The van der Waals surface area contributed by atoms with Gasteiger partial charge in [-0.15, -0.1) is 0 Å². The maximum atomic E-state index is 8.59. The molecule has 0 bridgehead atoms. The summed E-state index contributed by atoms with van der Waals surface area (Å²) in [6.07, 6.45) is 1.95. The molecule has 2 unspecified atom stereocenters. The van der Waals surface area contributed by atoms with Crippen LogP contribution in [0.4, 0.5) is 0 Å². The summed E-state index contributed by atoms with van der Waals surface area (Å²) < 4.78 is 0. The predicted octanol–water partition coefficient (Wildman–Crippen LogP) is 2.27. The van der Waals surface area contributed by atoms with Crippen LogP contribution in [0.5, 0.6) is 0 Å². The van der Waals surface area contributed by atoms with Gasteiger partial charge in [0.25, 0.3) is 0 Å². The van der Waals surface area contributed by atoms with Crippen LogP contribution in [0.1, 0.15) is 33.6 Å².